The van der Waals surface area contributed by atoms with Gasteiger partial charge in [0.2, 0.25) is 0 Å². The van der Waals surface area contributed by atoms with Crippen LogP contribution >= 0.6 is 0 Å². The van der Waals surface area contributed by atoms with E-state index in [1.807, 2.05) is 23.7 Å². The van der Waals surface area contributed by atoms with Gasteiger partial charge < -0.3 is 16.0 Å². The van der Waals surface area contributed by atoms with Gasteiger partial charge in [-0.05, 0) is 12.1 Å². The quantitative estimate of drug-likeness (QED) is 0.603. The summed E-state index contributed by atoms with van der Waals surface area (Å²) in [6.45, 7) is 1.16. The van der Waals surface area contributed by atoms with Crippen LogP contribution in [0.4, 0.5) is 0 Å². The number of aromatic nitrogens is 1. The first kappa shape index (κ1) is 7.31. The zero-order valence-corrected chi connectivity index (χ0v) is 6.17. The Hall–Kier alpha value is -0.800. The van der Waals surface area contributed by atoms with E-state index in [0.717, 1.165) is 11.4 Å². The summed E-state index contributed by atoms with van der Waals surface area (Å²) in [6, 6.07) is 4.00. The maximum absolute atomic E-state index is 5.46. The van der Waals surface area contributed by atoms with Crippen molar-refractivity contribution in [2.45, 2.75) is 13.1 Å². The summed E-state index contributed by atoms with van der Waals surface area (Å²) in [5.41, 5.74) is 13.2. The van der Waals surface area contributed by atoms with Crippen LogP contribution in [0.1, 0.15) is 11.4 Å². The maximum atomic E-state index is 5.46. The molecule has 4 N–H and O–H groups in total. The van der Waals surface area contributed by atoms with Gasteiger partial charge in [-0.25, -0.2) is 0 Å². The molecule has 1 aromatic rings. The largest absolute Gasteiger partial charge is 0.349 e. The van der Waals surface area contributed by atoms with E-state index < -0.39 is 0 Å². The first-order chi connectivity index (χ1) is 4.79. The lowest BCUT2D eigenvalue weighted by Gasteiger charge is -2.02. The lowest BCUT2D eigenvalue weighted by Crippen LogP contribution is -2.08. The summed E-state index contributed by atoms with van der Waals surface area (Å²) in [5.74, 6) is 0. The molecule has 10 heavy (non-hydrogen) atoms. The number of hydrogen-bond acceptors (Lipinski definition) is 2. The molecule has 1 rings (SSSR count). The first-order valence-corrected chi connectivity index (χ1v) is 3.33. The molecule has 0 aliphatic rings. The molecule has 0 saturated heterocycles. The lowest BCUT2D eigenvalue weighted by atomic mass is 10.4. The van der Waals surface area contributed by atoms with E-state index in [1.165, 1.54) is 0 Å². The molecule has 0 aliphatic heterocycles. The summed E-state index contributed by atoms with van der Waals surface area (Å²) in [7, 11) is 1.98. The summed E-state index contributed by atoms with van der Waals surface area (Å²) < 4.78 is 2.03. The van der Waals surface area contributed by atoms with Crippen molar-refractivity contribution in [3.8, 4) is 0 Å². The van der Waals surface area contributed by atoms with Gasteiger partial charge in [-0.3, -0.25) is 0 Å². The van der Waals surface area contributed by atoms with Crippen LogP contribution < -0.4 is 11.5 Å². The molecule has 0 radical (unpaired) electrons. The Morgan fingerprint density at radius 3 is 1.80 bits per heavy atom. The van der Waals surface area contributed by atoms with E-state index in [1.54, 1.807) is 0 Å². The highest BCUT2D eigenvalue weighted by Crippen LogP contribution is 2.04. The Kier molecular flexibility index (Phi) is 2.09. The third kappa shape index (κ3) is 1.05. The molecule has 0 aromatic carbocycles. The fourth-order valence-corrected chi connectivity index (χ4v) is 1.01. The molecule has 0 aliphatic carbocycles. The zero-order chi connectivity index (χ0) is 7.56. The van der Waals surface area contributed by atoms with Gasteiger partial charge in [0.25, 0.3) is 0 Å². The van der Waals surface area contributed by atoms with Crippen LogP contribution in [0.25, 0.3) is 0 Å². The molecule has 0 saturated carbocycles. The molecule has 3 heteroatoms. The van der Waals surface area contributed by atoms with Crippen molar-refractivity contribution in [2.75, 3.05) is 0 Å². The predicted molar refractivity (Wildman–Crippen MR) is 41.2 cm³/mol. The van der Waals surface area contributed by atoms with Crippen LogP contribution in [0.3, 0.4) is 0 Å². The molecule has 1 heterocycles. The molecule has 3 nitrogen and oxygen atoms in total. The third-order valence-corrected chi connectivity index (χ3v) is 1.75. The normalized spacial score (nSPS) is 10.3. The van der Waals surface area contributed by atoms with Crippen LogP contribution in [0, 0.1) is 0 Å². The van der Waals surface area contributed by atoms with Gasteiger partial charge in [0, 0.05) is 31.5 Å². The second-order valence-electron chi connectivity index (χ2n) is 2.28. The number of nitrogens with zero attached hydrogens (tertiary/aromatic N) is 1. The molecule has 0 spiro atoms. The van der Waals surface area contributed by atoms with E-state index >= 15 is 0 Å². The number of nitrogens with two attached hydrogens (primary N) is 2. The molecule has 0 fully saturated rings. The molecule has 0 atom stereocenters. The minimum absolute atomic E-state index is 0.580. The number of hydrogen-bond donors (Lipinski definition) is 2. The van der Waals surface area contributed by atoms with Crippen LogP contribution in [-0.2, 0) is 20.1 Å². The molecule has 1 aromatic heterocycles. The average Bonchev–Trinajstić information content (AvgIpc) is 2.30. The molecule has 0 bridgehead atoms. The van der Waals surface area contributed by atoms with E-state index in [4.69, 9.17) is 11.5 Å². The van der Waals surface area contributed by atoms with Gasteiger partial charge in [-0.2, -0.15) is 0 Å². The molecular formula is C7H13N3. The van der Waals surface area contributed by atoms with Gasteiger partial charge in [0.05, 0.1) is 0 Å². The summed E-state index contributed by atoms with van der Waals surface area (Å²) in [4.78, 5) is 0. The lowest BCUT2D eigenvalue weighted by molar-refractivity contribution is 0.765. The Morgan fingerprint density at radius 1 is 1.20 bits per heavy atom. The summed E-state index contributed by atoms with van der Waals surface area (Å²) >= 11 is 0. The summed E-state index contributed by atoms with van der Waals surface area (Å²) in [5, 5.41) is 0. The van der Waals surface area contributed by atoms with E-state index in [-0.39, 0.29) is 0 Å². The molecule has 56 valence electrons. The summed E-state index contributed by atoms with van der Waals surface area (Å²) in [6.07, 6.45) is 0. The average molecular weight is 139 g/mol. The molecule has 0 amide bonds. The maximum Gasteiger partial charge on any atom is 0.0334 e. The van der Waals surface area contributed by atoms with Crippen molar-refractivity contribution in [1.82, 2.24) is 4.57 Å². The van der Waals surface area contributed by atoms with Crippen LogP contribution in [0.15, 0.2) is 12.1 Å². The van der Waals surface area contributed by atoms with E-state index in [9.17, 15) is 0 Å². The Morgan fingerprint density at radius 2 is 1.60 bits per heavy atom. The van der Waals surface area contributed by atoms with Crippen LogP contribution in [0.5, 0.6) is 0 Å². The van der Waals surface area contributed by atoms with E-state index in [2.05, 4.69) is 0 Å². The minimum atomic E-state index is 0.580. The Balaban J connectivity index is 2.97. The van der Waals surface area contributed by atoms with Crippen molar-refractivity contribution in [3.63, 3.8) is 0 Å². The Bertz CT molecular complexity index is 193. The molecular weight excluding hydrogens is 126 g/mol. The van der Waals surface area contributed by atoms with Crippen LogP contribution in [-0.4, -0.2) is 4.57 Å². The standard InChI is InChI=1S/C7H13N3/c1-10-6(4-8)2-3-7(10)5-9/h2-3H,4-5,8-9H2,1H3. The minimum Gasteiger partial charge on any atom is -0.349 e. The fourth-order valence-electron chi connectivity index (χ4n) is 1.01. The highest BCUT2D eigenvalue weighted by Gasteiger charge is 1.98. The monoisotopic (exact) mass is 139 g/mol. The third-order valence-electron chi connectivity index (χ3n) is 1.75. The van der Waals surface area contributed by atoms with E-state index in [0.29, 0.717) is 13.1 Å². The molecule has 0 unspecified atom stereocenters. The van der Waals surface area contributed by atoms with Crippen molar-refractivity contribution in [2.24, 2.45) is 18.5 Å². The number of rotatable bonds is 2. The van der Waals surface area contributed by atoms with Crippen molar-refractivity contribution in [1.29, 1.82) is 0 Å². The van der Waals surface area contributed by atoms with Gasteiger partial charge in [0.1, 0.15) is 0 Å². The predicted octanol–water partition coefficient (Wildman–Crippen LogP) is -0.0575. The van der Waals surface area contributed by atoms with Gasteiger partial charge in [-0.1, -0.05) is 0 Å². The zero-order valence-electron chi connectivity index (χ0n) is 6.17. The highest BCUT2D eigenvalue weighted by atomic mass is 15.0. The van der Waals surface area contributed by atoms with Gasteiger partial charge in [0.15, 0.2) is 0 Å². The first-order valence-electron chi connectivity index (χ1n) is 3.33. The highest BCUT2D eigenvalue weighted by molar-refractivity contribution is 5.15. The van der Waals surface area contributed by atoms with Crippen molar-refractivity contribution >= 4 is 0 Å². The van der Waals surface area contributed by atoms with Crippen molar-refractivity contribution < 1.29 is 0 Å². The van der Waals surface area contributed by atoms with Gasteiger partial charge in [-0.15, -0.1) is 0 Å². The Labute approximate surface area is 60.6 Å². The SMILES string of the molecule is Cn1c(CN)ccc1CN. The fraction of sp³-hybridized carbons (Fsp3) is 0.429. The smallest absolute Gasteiger partial charge is 0.0334 e. The second-order valence-corrected chi connectivity index (χ2v) is 2.28. The van der Waals surface area contributed by atoms with Gasteiger partial charge >= 0.3 is 0 Å². The van der Waals surface area contributed by atoms with Crippen LogP contribution in [0.2, 0.25) is 0 Å². The topological polar surface area (TPSA) is 57.0 Å². The second kappa shape index (κ2) is 2.86. The van der Waals surface area contributed by atoms with Crippen molar-refractivity contribution in [3.05, 3.63) is 23.5 Å².